The molecule has 122 valence electrons. The van der Waals surface area contributed by atoms with Crippen molar-refractivity contribution in [3.63, 3.8) is 0 Å². The first-order valence-corrected chi connectivity index (χ1v) is 9.07. The Morgan fingerprint density at radius 2 is 1.91 bits per heavy atom. The van der Waals surface area contributed by atoms with E-state index in [4.69, 9.17) is 4.98 Å². The fraction of sp³-hybridized carbons (Fsp3) is 0.778. The summed E-state index contributed by atoms with van der Waals surface area (Å²) in [6.07, 6.45) is 8.45. The Morgan fingerprint density at radius 3 is 2.45 bits per heavy atom. The average molecular weight is 302 g/mol. The first kappa shape index (κ1) is 15.7. The lowest BCUT2D eigenvalue weighted by atomic mass is 9.91. The number of hydrogen-bond donors (Lipinski definition) is 0. The van der Waals surface area contributed by atoms with Crippen molar-refractivity contribution < 1.29 is 0 Å². The Hall–Kier alpha value is -1.16. The summed E-state index contributed by atoms with van der Waals surface area (Å²) in [4.78, 5) is 14.6. The van der Waals surface area contributed by atoms with E-state index in [0.29, 0.717) is 5.92 Å². The zero-order chi connectivity index (χ0) is 15.5. The molecule has 1 saturated carbocycles. The molecule has 0 amide bonds. The minimum absolute atomic E-state index is 0.521. The van der Waals surface area contributed by atoms with Gasteiger partial charge in [0.25, 0.3) is 0 Å². The SMILES string of the molecule is CCc1cnc(N2CCN(C3CCC3)CC2)nc1C(C)CC. The predicted octanol–water partition coefficient (Wildman–Crippen LogP) is 3.23. The minimum atomic E-state index is 0.521. The molecule has 1 unspecified atom stereocenters. The highest BCUT2D eigenvalue weighted by molar-refractivity contribution is 5.35. The average Bonchev–Trinajstić information content (AvgIpc) is 2.52. The van der Waals surface area contributed by atoms with E-state index in [9.17, 15) is 0 Å². The fourth-order valence-electron chi connectivity index (χ4n) is 3.49. The number of piperazine rings is 1. The van der Waals surface area contributed by atoms with Crippen molar-refractivity contribution >= 4 is 5.95 Å². The van der Waals surface area contributed by atoms with Gasteiger partial charge in [-0.05, 0) is 37.2 Å². The molecule has 1 atom stereocenters. The highest BCUT2D eigenvalue weighted by Gasteiger charge is 2.28. The third-order valence-corrected chi connectivity index (χ3v) is 5.53. The van der Waals surface area contributed by atoms with Crippen molar-refractivity contribution in [1.29, 1.82) is 0 Å². The topological polar surface area (TPSA) is 32.3 Å². The second kappa shape index (κ2) is 6.95. The summed E-state index contributed by atoms with van der Waals surface area (Å²) in [6.45, 7) is 11.2. The van der Waals surface area contributed by atoms with E-state index in [0.717, 1.165) is 37.9 Å². The Balaban J connectivity index is 1.69. The van der Waals surface area contributed by atoms with Crippen LogP contribution in [0.2, 0.25) is 0 Å². The van der Waals surface area contributed by atoms with Gasteiger partial charge < -0.3 is 4.90 Å². The Bertz CT molecular complexity index is 490. The van der Waals surface area contributed by atoms with E-state index in [1.165, 1.54) is 43.6 Å². The number of anilines is 1. The Morgan fingerprint density at radius 1 is 1.18 bits per heavy atom. The van der Waals surface area contributed by atoms with E-state index in [1.54, 1.807) is 0 Å². The molecule has 3 rings (SSSR count). The van der Waals surface area contributed by atoms with Crippen molar-refractivity contribution in [1.82, 2.24) is 14.9 Å². The fourth-order valence-corrected chi connectivity index (χ4v) is 3.49. The predicted molar refractivity (Wildman–Crippen MR) is 91.5 cm³/mol. The van der Waals surface area contributed by atoms with Gasteiger partial charge >= 0.3 is 0 Å². The molecule has 1 aliphatic heterocycles. The summed E-state index contributed by atoms with van der Waals surface area (Å²) in [5.41, 5.74) is 2.57. The van der Waals surface area contributed by atoms with E-state index >= 15 is 0 Å². The van der Waals surface area contributed by atoms with Crippen LogP contribution in [0.5, 0.6) is 0 Å². The van der Waals surface area contributed by atoms with Crippen LogP contribution in [0.15, 0.2) is 6.20 Å². The van der Waals surface area contributed by atoms with Crippen LogP contribution < -0.4 is 4.90 Å². The molecule has 1 aromatic rings. The van der Waals surface area contributed by atoms with E-state index in [1.807, 2.05) is 0 Å². The van der Waals surface area contributed by atoms with Gasteiger partial charge in [-0.2, -0.15) is 0 Å². The van der Waals surface area contributed by atoms with Crippen LogP contribution in [0.25, 0.3) is 0 Å². The first-order valence-electron chi connectivity index (χ1n) is 9.07. The summed E-state index contributed by atoms with van der Waals surface area (Å²) in [5, 5.41) is 0. The first-order chi connectivity index (χ1) is 10.7. The third-order valence-electron chi connectivity index (χ3n) is 5.53. The summed E-state index contributed by atoms with van der Waals surface area (Å²) < 4.78 is 0. The van der Waals surface area contributed by atoms with Crippen LogP contribution in [-0.4, -0.2) is 47.1 Å². The van der Waals surface area contributed by atoms with Gasteiger partial charge in [-0.1, -0.05) is 27.2 Å². The maximum Gasteiger partial charge on any atom is 0.225 e. The lowest BCUT2D eigenvalue weighted by Gasteiger charge is -2.43. The molecule has 1 saturated heterocycles. The van der Waals surface area contributed by atoms with Crippen LogP contribution in [0.3, 0.4) is 0 Å². The molecule has 1 aliphatic carbocycles. The third kappa shape index (κ3) is 3.12. The molecule has 4 nitrogen and oxygen atoms in total. The highest BCUT2D eigenvalue weighted by atomic mass is 15.3. The number of aromatic nitrogens is 2. The summed E-state index contributed by atoms with van der Waals surface area (Å²) in [5.74, 6) is 1.47. The largest absolute Gasteiger partial charge is 0.338 e. The van der Waals surface area contributed by atoms with E-state index in [-0.39, 0.29) is 0 Å². The van der Waals surface area contributed by atoms with Gasteiger partial charge in [-0.15, -0.1) is 0 Å². The molecule has 22 heavy (non-hydrogen) atoms. The summed E-state index contributed by atoms with van der Waals surface area (Å²) >= 11 is 0. The lowest BCUT2D eigenvalue weighted by Crippen LogP contribution is -2.52. The van der Waals surface area contributed by atoms with Gasteiger partial charge in [0.2, 0.25) is 5.95 Å². The van der Waals surface area contributed by atoms with Gasteiger partial charge in [0.15, 0.2) is 0 Å². The molecule has 0 spiro atoms. The van der Waals surface area contributed by atoms with E-state index < -0.39 is 0 Å². The maximum atomic E-state index is 4.94. The van der Waals surface area contributed by atoms with Crippen LogP contribution in [0.4, 0.5) is 5.95 Å². The van der Waals surface area contributed by atoms with Crippen LogP contribution in [-0.2, 0) is 6.42 Å². The molecule has 0 bridgehead atoms. The van der Waals surface area contributed by atoms with Crippen molar-refractivity contribution in [3.8, 4) is 0 Å². The van der Waals surface area contributed by atoms with Crippen LogP contribution >= 0.6 is 0 Å². The standard InChI is InChI=1S/C18H30N4/c1-4-14(3)17-15(5-2)13-19-18(20-17)22-11-9-21(10-12-22)16-7-6-8-16/h13-14,16H,4-12H2,1-3H3. The molecule has 4 heteroatoms. The molecule has 2 aliphatic rings. The second-order valence-corrected chi connectivity index (χ2v) is 6.85. The molecule has 1 aromatic heterocycles. The molecule has 2 heterocycles. The minimum Gasteiger partial charge on any atom is -0.338 e. The van der Waals surface area contributed by atoms with Gasteiger partial charge in [-0.3, -0.25) is 4.90 Å². The number of nitrogens with zero attached hydrogens (tertiary/aromatic N) is 4. The molecular weight excluding hydrogens is 272 g/mol. The molecule has 0 radical (unpaired) electrons. The van der Waals surface area contributed by atoms with Crippen molar-refractivity contribution in [3.05, 3.63) is 17.5 Å². The smallest absolute Gasteiger partial charge is 0.225 e. The molecule has 0 aromatic carbocycles. The molecule has 2 fully saturated rings. The Labute approximate surface area is 134 Å². The van der Waals surface area contributed by atoms with Crippen LogP contribution in [0, 0.1) is 0 Å². The monoisotopic (exact) mass is 302 g/mol. The van der Waals surface area contributed by atoms with Crippen molar-refractivity contribution in [2.45, 2.75) is 64.8 Å². The maximum absolute atomic E-state index is 4.94. The number of aryl methyl sites for hydroxylation is 1. The van der Waals surface area contributed by atoms with Gasteiger partial charge in [0.05, 0.1) is 5.69 Å². The molecular formula is C18H30N4. The van der Waals surface area contributed by atoms with Gasteiger partial charge in [0.1, 0.15) is 0 Å². The highest BCUT2D eigenvalue weighted by Crippen LogP contribution is 2.27. The van der Waals surface area contributed by atoms with Crippen molar-refractivity contribution in [2.75, 3.05) is 31.1 Å². The molecule has 0 N–H and O–H groups in total. The normalized spacial score (nSPS) is 21.7. The van der Waals surface area contributed by atoms with E-state index in [2.05, 4.69) is 41.8 Å². The van der Waals surface area contributed by atoms with Gasteiger partial charge in [-0.25, -0.2) is 9.97 Å². The lowest BCUT2D eigenvalue weighted by molar-refractivity contribution is 0.120. The zero-order valence-corrected chi connectivity index (χ0v) is 14.4. The Kier molecular flexibility index (Phi) is 4.97. The summed E-state index contributed by atoms with van der Waals surface area (Å²) in [6, 6.07) is 0.862. The number of rotatable bonds is 5. The zero-order valence-electron chi connectivity index (χ0n) is 14.4. The van der Waals surface area contributed by atoms with Crippen LogP contribution in [0.1, 0.15) is 63.6 Å². The van der Waals surface area contributed by atoms with Gasteiger partial charge in [0, 0.05) is 38.4 Å². The van der Waals surface area contributed by atoms with Crippen molar-refractivity contribution in [2.24, 2.45) is 0 Å². The summed E-state index contributed by atoms with van der Waals surface area (Å²) in [7, 11) is 0. The quantitative estimate of drug-likeness (QED) is 0.836. The second-order valence-electron chi connectivity index (χ2n) is 6.85. The number of hydrogen-bond acceptors (Lipinski definition) is 4.